The molecule has 7 nitrogen and oxygen atoms in total. The Morgan fingerprint density at radius 2 is 1.63 bits per heavy atom. The minimum Gasteiger partial charge on any atom is -0.462 e. The van der Waals surface area contributed by atoms with Crippen molar-refractivity contribution in [1.82, 2.24) is 0 Å². The second-order valence-electron chi connectivity index (χ2n) is 6.66. The van der Waals surface area contributed by atoms with Gasteiger partial charge in [0, 0.05) is 18.6 Å². The van der Waals surface area contributed by atoms with Gasteiger partial charge < -0.3 is 19.1 Å². The molecule has 0 aromatic heterocycles. The van der Waals surface area contributed by atoms with Crippen molar-refractivity contribution >= 4 is 20.0 Å². The van der Waals surface area contributed by atoms with Crippen LogP contribution in [0.25, 0.3) is 0 Å². The van der Waals surface area contributed by atoms with E-state index < -0.39 is 13.4 Å². The van der Waals surface area contributed by atoms with Crippen molar-refractivity contribution in [3.63, 3.8) is 0 Å². The van der Waals surface area contributed by atoms with Crippen molar-refractivity contribution in [2.45, 2.75) is 78.5 Å². The Hall–Kier alpha value is -1.17. The van der Waals surface area contributed by atoms with Crippen molar-refractivity contribution in [3.8, 4) is 0 Å². The molecule has 0 aromatic carbocycles. The van der Waals surface area contributed by atoms with Crippen LogP contribution in [0.4, 0.5) is 0 Å². The second kappa shape index (κ2) is 13.9. The molecule has 2 unspecified atom stereocenters. The lowest BCUT2D eigenvalue weighted by atomic mass is 10.1. The molecule has 8 heteroatoms. The topological polar surface area (TPSA) is 99.1 Å². The van der Waals surface area contributed by atoms with Gasteiger partial charge in [0.2, 0.25) is 8.03 Å². The van der Waals surface area contributed by atoms with Crippen LogP contribution < -0.4 is 0 Å². The van der Waals surface area contributed by atoms with E-state index in [1.54, 1.807) is 13.8 Å². The Kier molecular flexibility index (Phi) is 13.3. The van der Waals surface area contributed by atoms with Crippen molar-refractivity contribution < 1.29 is 33.3 Å². The van der Waals surface area contributed by atoms with Gasteiger partial charge in [0.15, 0.2) is 0 Å². The summed E-state index contributed by atoms with van der Waals surface area (Å²) in [5, 5.41) is -0.968. The number of ether oxygens (including phenoxy) is 3. The summed E-state index contributed by atoms with van der Waals surface area (Å²) in [4.78, 5) is 32.6. The lowest BCUT2D eigenvalue weighted by Gasteiger charge is -2.25. The van der Waals surface area contributed by atoms with E-state index in [9.17, 15) is 19.0 Å². The van der Waals surface area contributed by atoms with Crippen LogP contribution in [0.5, 0.6) is 0 Å². The molecule has 0 spiro atoms. The molecule has 0 aliphatic rings. The smallest absolute Gasteiger partial charge is 0.333 e. The quantitative estimate of drug-likeness (QED) is 0.201. The minimum atomic E-state index is -2.74. The Balaban J connectivity index is 3.79. The molecule has 27 heavy (non-hydrogen) atoms. The molecular weight excluding hydrogens is 371 g/mol. The van der Waals surface area contributed by atoms with Gasteiger partial charge in [-0.1, -0.05) is 25.8 Å². The Morgan fingerprint density at radius 1 is 1.00 bits per heavy atom. The zero-order valence-electron chi connectivity index (χ0n) is 17.3. The zero-order valence-corrected chi connectivity index (χ0v) is 18.3. The summed E-state index contributed by atoms with van der Waals surface area (Å²) in [5.74, 6) is -0.710. The third kappa shape index (κ3) is 10.7. The SMILES string of the molecule is CC/C(C)=C(/C)C(=O)OCCOC(=O)CCCCCOC(C)(CC)[PH](=O)O. The highest BCUT2D eigenvalue weighted by Gasteiger charge is 2.28. The number of hydrogen-bond acceptors (Lipinski definition) is 6. The zero-order chi connectivity index (χ0) is 20.9. The second-order valence-corrected chi connectivity index (χ2v) is 8.33. The summed E-state index contributed by atoms with van der Waals surface area (Å²) in [6.45, 7) is 9.50. The van der Waals surface area contributed by atoms with Crippen LogP contribution in [0.2, 0.25) is 0 Å². The standard InChI is InChI=1S/C19H35O7P/c1-6-15(3)16(4)18(21)25-14-13-24-17(20)11-9-8-10-12-26-19(5,7-2)27(22)23/h27H,6-14H2,1-5H3,(H,22,23)/b16-15-. The molecule has 0 rings (SSSR count). The van der Waals surface area contributed by atoms with E-state index in [0.717, 1.165) is 18.4 Å². The normalized spacial score (nSPS) is 15.5. The molecule has 0 saturated heterocycles. The first-order chi connectivity index (χ1) is 12.7. The number of allylic oxidation sites excluding steroid dienone is 1. The highest BCUT2D eigenvalue weighted by molar-refractivity contribution is 7.39. The van der Waals surface area contributed by atoms with Gasteiger partial charge in [0.05, 0.1) is 0 Å². The third-order valence-corrected chi connectivity index (χ3v) is 6.03. The predicted octanol–water partition coefficient (Wildman–Crippen LogP) is 3.99. The van der Waals surface area contributed by atoms with Gasteiger partial charge in [-0.05, 0) is 46.5 Å². The molecule has 158 valence electrons. The first kappa shape index (κ1) is 25.8. The van der Waals surface area contributed by atoms with E-state index in [4.69, 9.17) is 14.2 Å². The average molecular weight is 406 g/mol. The number of carbonyl (C=O) groups is 2. The number of esters is 2. The summed E-state index contributed by atoms with van der Waals surface area (Å²) < 4.78 is 26.9. The fourth-order valence-electron chi connectivity index (χ4n) is 2.07. The molecular formula is C19H35O7P. The fourth-order valence-corrected chi connectivity index (χ4v) is 2.60. The number of hydrogen-bond donors (Lipinski definition) is 1. The summed E-state index contributed by atoms with van der Waals surface area (Å²) in [7, 11) is -2.74. The van der Waals surface area contributed by atoms with Gasteiger partial charge in [-0.25, -0.2) is 4.79 Å². The van der Waals surface area contributed by atoms with Gasteiger partial charge >= 0.3 is 11.9 Å². The maximum atomic E-state index is 11.7. The molecule has 0 aromatic rings. The van der Waals surface area contributed by atoms with E-state index in [2.05, 4.69) is 0 Å². The van der Waals surface area contributed by atoms with E-state index >= 15 is 0 Å². The summed E-state index contributed by atoms with van der Waals surface area (Å²) in [6.07, 6.45) is 3.66. The monoisotopic (exact) mass is 406 g/mol. The average Bonchev–Trinajstić information content (AvgIpc) is 2.65. The predicted molar refractivity (Wildman–Crippen MR) is 105 cm³/mol. The van der Waals surface area contributed by atoms with E-state index in [1.165, 1.54) is 0 Å². The summed E-state index contributed by atoms with van der Waals surface area (Å²) >= 11 is 0. The molecule has 0 bridgehead atoms. The van der Waals surface area contributed by atoms with Crippen molar-refractivity contribution in [2.24, 2.45) is 0 Å². The molecule has 2 atom stereocenters. The summed E-state index contributed by atoms with van der Waals surface area (Å²) in [5.41, 5.74) is 1.57. The maximum Gasteiger partial charge on any atom is 0.333 e. The first-order valence-electron chi connectivity index (χ1n) is 9.54. The molecule has 0 fully saturated rings. The first-order valence-corrected chi connectivity index (χ1v) is 10.9. The largest absolute Gasteiger partial charge is 0.462 e. The van der Waals surface area contributed by atoms with Crippen LogP contribution in [0.3, 0.4) is 0 Å². The van der Waals surface area contributed by atoms with Gasteiger partial charge in [0.1, 0.15) is 18.6 Å². The molecule has 0 heterocycles. The van der Waals surface area contributed by atoms with Crippen LogP contribution in [-0.2, 0) is 28.4 Å². The Bertz CT molecular complexity index is 530. The van der Waals surface area contributed by atoms with Crippen LogP contribution in [0.15, 0.2) is 11.1 Å². The van der Waals surface area contributed by atoms with E-state index in [1.807, 2.05) is 20.8 Å². The van der Waals surface area contributed by atoms with Gasteiger partial charge in [-0.3, -0.25) is 9.36 Å². The van der Waals surface area contributed by atoms with E-state index in [-0.39, 0.29) is 31.6 Å². The van der Waals surface area contributed by atoms with Crippen molar-refractivity contribution in [2.75, 3.05) is 19.8 Å². The maximum absolute atomic E-state index is 11.7. The van der Waals surface area contributed by atoms with Crippen molar-refractivity contribution in [1.29, 1.82) is 0 Å². The van der Waals surface area contributed by atoms with Crippen LogP contribution in [0, 0.1) is 0 Å². The molecule has 0 aliphatic heterocycles. The van der Waals surface area contributed by atoms with Gasteiger partial charge in [-0.2, -0.15) is 0 Å². The Labute approximate surface area is 163 Å². The number of carbonyl (C=O) groups excluding carboxylic acids is 2. The summed E-state index contributed by atoms with van der Waals surface area (Å²) in [6, 6.07) is 0. The van der Waals surface area contributed by atoms with Gasteiger partial charge in [-0.15, -0.1) is 0 Å². The minimum absolute atomic E-state index is 0.0444. The highest BCUT2D eigenvalue weighted by atomic mass is 31.1. The third-order valence-electron chi connectivity index (χ3n) is 4.63. The lowest BCUT2D eigenvalue weighted by molar-refractivity contribution is -0.150. The molecule has 0 radical (unpaired) electrons. The molecule has 0 amide bonds. The van der Waals surface area contributed by atoms with Gasteiger partial charge in [0.25, 0.3) is 0 Å². The van der Waals surface area contributed by atoms with E-state index in [0.29, 0.717) is 31.4 Å². The molecule has 0 saturated carbocycles. The molecule has 1 N–H and O–H groups in total. The fraction of sp³-hybridized carbons (Fsp3) is 0.789. The number of rotatable bonds is 14. The number of unbranched alkanes of at least 4 members (excludes halogenated alkanes) is 2. The van der Waals surface area contributed by atoms with Crippen LogP contribution in [0.1, 0.15) is 73.1 Å². The van der Waals surface area contributed by atoms with Crippen LogP contribution in [-0.4, -0.2) is 42.0 Å². The van der Waals surface area contributed by atoms with Crippen molar-refractivity contribution in [3.05, 3.63) is 11.1 Å². The Morgan fingerprint density at radius 3 is 2.19 bits per heavy atom. The van der Waals surface area contributed by atoms with Crippen LogP contribution >= 0.6 is 8.03 Å². The molecule has 0 aliphatic carbocycles. The lowest BCUT2D eigenvalue weighted by Crippen LogP contribution is -2.23. The highest BCUT2D eigenvalue weighted by Crippen LogP contribution is 2.38.